The highest BCUT2D eigenvalue weighted by atomic mass is 19.3. The molecule has 0 aromatic carbocycles. The van der Waals surface area contributed by atoms with Gasteiger partial charge in [0, 0.05) is 19.5 Å². The van der Waals surface area contributed by atoms with Gasteiger partial charge in [-0.25, -0.2) is 13.6 Å². The Bertz CT molecular complexity index is 442. The van der Waals surface area contributed by atoms with Crippen molar-refractivity contribution in [1.82, 2.24) is 15.5 Å². The number of halogens is 2. The van der Waals surface area contributed by atoms with E-state index in [1.165, 1.54) is 12.8 Å². The molecule has 3 rings (SSSR count). The lowest BCUT2D eigenvalue weighted by Crippen LogP contribution is -2.48. The van der Waals surface area contributed by atoms with Crippen LogP contribution in [0.2, 0.25) is 0 Å². The van der Waals surface area contributed by atoms with Crippen LogP contribution in [0.15, 0.2) is 0 Å². The zero-order chi connectivity index (χ0) is 19.3. The smallest absolute Gasteiger partial charge is 0.410 e. The molecule has 1 amide bonds. The Morgan fingerprint density at radius 3 is 2.00 bits per heavy atom. The van der Waals surface area contributed by atoms with Crippen molar-refractivity contribution in [2.24, 2.45) is 5.41 Å². The van der Waals surface area contributed by atoms with Crippen molar-refractivity contribution in [3.05, 3.63) is 0 Å². The van der Waals surface area contributed by atoms with Crippen molar-refractivity contribution in [1.29, 1.82) is 0 Å². The summed E-state index contributed by atoms with van der Waals surface area (Å²) in [6.45, 7) is 10.3. The summed E-state index contributed by atoms with van der Waals surface area (Å²) in [5, 5.41) is 6.04. The number of carbonyl (C=O) groups is 1. The van der Waals surface area contributed by atoms with Crippen LogP contribution in [0.4, 0.5) is 13.6 Å². The number of alkyl halides is 2. The van der Waals surface area contributed by atoms with Gasteiger partial charge >= 0.3 is 6.09 Å². The predicted octanol–water partition coefficient (Wildman–Crippen LogP) is 3.39. The van der Waals surface area contributed by atoms with Gasteiger partial charge in [0.1, 0.15) is 5.60 Å². The first-order chi connectivity index (χ1) is 12.1. The molecule has 0 unspecified atom stereocenters. The van der Waals surface area contributed by atoms with Gasteiger partial charge in [0.25, 0.3) is 5.92 Å². The molecule has 2 N–H and O–H groups in total. The molecule has 0 bridgehead atoms. The molecular formula is C19H35F2N3O2. The maximum Gasteiger partial charge on any atom is 0.410 e. The Hall–Kier alpha value is -0.950. The highest BCUT2D eigenvalue weighted by molar-refractivity contribution is 5.68. The average molecular weight is 376 g/mol. The first-order valence-electron chi connectivity index (χ1n) is 9.88. The number of piperidine rings is 3. The maximum atomic E-state index is 12.1. The summed E-state index contributed by atoms with van der Waals surface area (Å²) < 4.78 is 29.7. The summed E-state index contributed by atoms with van der Waals surface area (Å²) in [6, 6.07) is 0. The molecule has 0 radical (unpaired) electrons. The van der Waals surface area contributed by atoms with Gasteiger partial charge in [-0.3, -0.25) is 0 Å². The Kier molecular flexibility index (Phi) is 7.25. The fraction of sp³-hybridized carbons (Fsp3) is 0.947. The van der Waals surface area contributed by atoms with Crippen LogP contribution in [-0.4, -0.2) is 61.8 Å². The van der Waals surface area contributed by atoms with Crippen molar-refractivity contribution in [3.8, 4) is 0 Å². The number of nitrogens with zero attached hydrogens (tertiary/aromatic N) is 1. The number of nitrogens with one attached hydrogen (secondary N) is 2. The summed E-state index contributed by atoms with van der Waals surface area (Å²) in [5.41, 5.74) is 0.102. The predicted molar refractivity (Wildman–Crippen MR) is 98.6 cm³/mol. The standard InChI is InChI=1S/C14H26N2O2.C5H9F2N/c1-13(2,3)18-12(17)16-10-6-14(7-11-16)4-8-15-9-5-14;6-5(7)2-1-3-8-4-5/h15H,4-11H2,1-3H3;8H,1-4H2. The highest BCUT2D eigenvalue weighted by Crippen LogP contribution is 2.39. The fourth-order valence-electron chi connectivity index (χ4n) is 3.78. The molecule has 3 aliphatic rings. The minimum atomic E-state index is -2.43. The molecule has 152 valence electrons. The number of carbonyl (C=O) groups excluding carboxylic acids is 1. The van der Waals surface area contributed by atoms with E-state index in [9.17, 15) is 13.6 Å². The third kappa shape index (κ3) is 6.99. The van der Waals surface area contributed by atoms with Crippen LogP contribution in [-0.2, 0) is 4.74 Å². The van der Waals surface area contributed by atoms with Crippen molar-refractivity contribution in [3.63, 3.8) is 0 Å². The zero-order valence-corrected chi connectivity index (χ0v) is 16.5. The molecule has 0 saturated carbocycles. The molecule has 1 spiro atoms. The SMILES string of the molecule is CC(C)(C)OC(=O)N1CCC2(CCNCC2)CC1.FC1(F)CCCNC1. The van der Waals surface area contributed by atoms with E-state index in [1.54, 1.807) is 0 Å². The Labute approximate surface area is 156 Å². The second-order valence-electron chi connectivity index (χ2n) is 8.85. The van der Waals surface area contributed by atoms with E-state index in [1.807, 2.05) is 25.7 Å². The molecule has 0 atom stereocenters. The third-order valence-corrected chi connectivity index (χ3v) is 5.42. The Morgan fingerprint density at radius 1 is 0.962 bits per heavy atom. The molecule has 0 aromatic heterocycles. The molecule has 7 heteroatoms. The second-order valence-corrected chi connectivity index (χ2v) is 8.85. The largest absolute Gasteiger partial charge is 0.444 e. The molecule has 0 aromatic rings. The third-order valence-electron chi connectivity index (χ3n) is 5.42. The molecular weight excluding hydrogens is 340 g/mol. The second kappa shape index (κ2) is 8.83. The number of hydrogen-bond donors (Lipinski definition) is 2. The van der Waals surface area contributed by atoms with Crippen molar-refractivity contribution < 1.29 is 18.3 Å². The van der Waals surface area contributed by atoms with Crippen molar-refractivity contribution in [2.45, 2.75) is 70.8 Å². The first-order valence-corrected chi connectivity index (χ1v) is 9.88. The van der Waals surface area contributed by atoms with E-state index in [4.69, 9.17) is 4.74 Å². The molecule has 3 heterocycles. The number of rotatable bonds is 0. The summed E-state index contributed by atoms with van der Waals surface area (Å²) in [4.78, 5) is 13.8. The van der Waals surface area contributed by atoms with Gasteiger partial charge in [0.05, 0.1) is 6.54 Å². The van der Waals surface area contributed by atoms with Crippen LogP contribution in [0, 0.1) is 5.41 Å². The van der Waals surface area contributed by atoms with Gasteiger partial charge in [-0.2, -0.15) is 0 Å². The van der Waals surface area contributed by atoms with Gasteiger partial charge in [0.15, 0.2) is 0 Å². The van der Waals surface area contributed by atoms with Gasteiger partial charge in [-0.15, -0.1) is 0 Å². The maximum absolute atomic E-state index is 12.1. The van der Waals surface area contributed by atoms with E-state index in [2.05, 4.69) is 10.6 Å². The van der Waals surface area contributed by atoms with Gasteiger partial charge in [-0.05, 0) is 77.9 Å². The molecule has 26 heavy (non-hydrogen) atoms. The van der Waals surface area contributed by atoms with Crippen LogP contribution >= 0.6 is 0 Å². The van der Waals surface area contributed by atoms with Gasteiger partial charge in [0.2, 0.25) is 0 Å². The van der Waals surface area contributed by atoms with E-state index in [0.29, 0.717) is 11.8 Å². The minimum Gasteiger partial charge on any atom is -0.444 e. The number of ether oxygens (including phenoxy) is 1. The number of likely N-dealkylation sites (tertiary alicyclic amines) is 1. The minimum absolute atomic E-state index is 0.0556. The van der Waals surface area contributed by atoms with Crippen LogP contribution in [0.25, 0.3) is 0 Å². The monoisotopic (exact) mass is 375 g/mol. The lowest BCUT2D eigenvalue weighted by atomic mass is 9.72. The van der Waals surface area contributed by atoms with Crippen molar-refractivity contribution >= 4 is 6.09 Å². The fourth-order valence-corrected chi connectivity index (χ4v) is 3.78. The lowest BCUT2D eigenvalue weighted by molar-refractivity contribution is -0.0208. The van der Waals surface area contributed by atoms with Crippen LogP contribution in [0.3, 0.4) is 0 Å². The topological polar surface area (TPSA) is 53.6 Å². The number of hydrogen-bond acceptors (Lipinski definition) is 4. The zero-order valence-electron chi connectivity index (χ0n) is 16.5. The highest BCUT2D eigenvalue weighted by Gasteiger charge is 2.37. The normalized spacial score (nSPS) is 25.2. The average Bonchev–Trinajstić information content (AvgIpc) is 2.55. The van der Waals surface area contributed by atoms with E-state index >= 15 is 0 Å². The summed E-state index contributed by atoms with van der Waals surface area (Å²) >= 11 is 0. The first kappa shape index (κ1) is 21.4. The molecule has 5 nitrogen and oxygen atoms in total. The molecule has 3 saturated heterocycles. The lowest BCUT2D eigenvalue weighted by Gasteiger charge is -2.44. The summed E-state index contributed by atoms with van der Waals surface area (Å²) in [5.74, 6) is -2.43. The van der Waals surface area contributed by atoms with E-state index in [0.717, 1.165) is 45.6 Å². The molecule has 3 fully saturated rings. The summed E-state index contributed by atoms with van der Waals surface area (Å²) in [6.07, 6.45) is 5.30. The van der Waals surface area contributed by atoms with Crippen LogP contribution in [0.5, 0.6) is 0 Å². The van der Waals surface area contributed by atoms with Crippen molar-refractivity contribution in [2.75, 3.05) is 39.3 Å². The molecule has 0 aliphatic carbocycles. The summed E-state index contributed by atoms with van der Waals surface area (Å²) in [7, 11) is 0. The van der Waals surface area contributed by atoms with Crippen LogP contribution in [0.1, 0.15) is 59.3 Å². The Balaban J connectivity index is 0.000000254. The van der Waals surface area contributed by atoms with E-state index in [-0.39, 0.29) is 24.7 Å². The van der Waals surface area contributed by atoms with Crippen LogP contribution < -0.4 is 10.6 Å². The Morgan fingerprint density at radius 2 is 1.58 bits per heavy atom. The van der Waals surface area contributed by atoms with Gasteiger partial charge in [-0.1, -0.05) is 0 Å². The molecule has 3 aliphatic heterocycles. The van der Waals surface area contributed by atoms with Gasteiger partial charge < -0.3 is 20.3 Å². The number of amides is 1. The van der Waals surface area contributed by atoms with E-state index < -0.39 is 5.92 Å². The quantitative estimate of drug-likeness (QED) is 0.681.